The third-order valence-corrected chi connectivity index (χ3v) is 3.38. The van der Waals surface area contributed by atoms with Crippen molar-refractivity contribution in [1.82, 2.24) is 14.7 Å². The van der Waals surface area contributed by atoms with Gasteiger partial charge < -0.3 is 10.6 Å². The molecule has 0 spiro atoms. The van der Waals surface area contributed by atoms with Gasteiger partial charge in [0.15, 0.2) is 0 Å². The number of aryl methyl sites for hydroxylation is 1. The summed E-state index contributed by atoms with van der Waals surface area (Å²) in [5.74, 6) is 0.475. The van der Waals surface area contributed by atoms with Crippen molar-refractivity contribution in [3.63, 3.8) is 0 Å². The van der Waals surface area contributed by atoms with E-state index in [2.05, 4.69) is 12.0 Å². The standard InChI is InChI=1S/C12H20N4O/c1-3-16-10(8-11(13)14-16)12(17)15-7-5-4-6-9(15)2/h8-9H,3-7H2,1-2H3,(H2,13,14)/t9-/m1/s1. The normalized spacial score (nSPS) is 20.6. The average Bonchev–Trinajstić information content (AvgIpc) is 2.70. The first-order valence-electron chi connectivity index (χ1n) is 6.27. The summed E-state index contributed by atoms with van der Waals surface area (Å²) in [6, 6.07) is 1.99. The van der Waals surface area contributed by atoms with Crippen molar-refractivity contribution >= 4 is 11.7 Å². The fourth-order valence-electron chi connectivity index (χ4n) is 2.40. The Kier molecular flexibility index (Phi) is 3.36. The van der Waals surface area contributed by atoms with Crippen molar-refractivity contribution in [3.8, 4) is 0 Å². The maximum absolute atomic E-state index is 12.4. The molecule has 2 N–H and O–H groups in total. The van der Waals surface area contributed by atoms with Gasteiger partial charge in [-0.15, -0.1) is 0 Å². The van der Waals surface area contributed by atoms with Crippen LogP contribution in [-0.2, 0) is 6.54 Å². The number of hydrogen-bond acceptors (Lipinski definition) is 3. The third kappa shape index (κ3) is 2.28. The first kappa shape index (κ1) is 12.0. The summed E-state index contributed by atoms with van der Waals surface area (Å²) in [7, 11) is 0. The lowest BCUT2D eigenvalue weighted by Gasteiger charge is -2.33. The molecule has 1 fully saturated rings. The number of nitrogens with zero attached hydrogens (tertiary/aromatic N) is 3. The number of carbonyl (C=O) groups excluding carboxylic acids is 1. The molecular formula is C12H20N4O. The Hall–Kier alpha value is -1.52. The molecule has 1 amide bonds. The first-order chi connectivity index (χ1) is 8.13. The van der Waals surface area contributed by atoms with Crippen molar-refractivity contribution in [1.29, 1.82) is 0 Å². The Morgan fingerprint density at radius 1 is 1.59 bits per heavy atom. The van der Waals surface area contributed by atoms with E-state index in [-0.39, 0.29) is 5.91 Å². The summed E-state index contributed by atoms with van der Waals surface area (Å²) < 4.78 is 1.68. The molecule has 5 nitrogen and oxygen atoms in total. The second kappa shape index (κ2) is 4.77. The van der Waals surface area contributed by atoms with E-state index in [4.69, 9.17) is 5.73 Å². The van der Waals surface area contributed by atoms with Crippen LogP contribution in [-0.4, -0.2) is 33.2 Å². The minimum Gasteiger partial charge on any atom is -0.382 e. The van der Waals surface area contributed by atoms with E-state index in [1.807, 2.05) is 11.8 Å². The largest absolute Gasteiger partial charge is 0.382 e. The number of amides is 1. The number of anilines is 1. The molecule has 0 unspecified atom stereocenters. The zero-order valence-corrected chi connectivity index (χ0v) is 10.5. The van der Waals surface area contributed by atoms with Gasteiger partial charge in [-0.25, -0.2) is 0 Å². The van der Waals surface area contributed by atoms with Crippen molar-refractivity contribution in [3.05, 3.63) is 11.8 Å². The number of aromatic nitrogens is 2. The molecule has 0 aromatic carbocycles. The fourth-order valence-corrected chi connectivity index (χ4v) is 2.40. The van der Waals surface area contributed by atoms with Gasteiger partial charge in [-0.1, -0.05) is 0 Å². The highest BCUT2D eigenvalue weighted by atomic mass is 16.2. The average molecular weight is 236 g/mol. The molecule has 17 heavy (non-hydrogen) atoms. The van der Waals surface area contributed by atoms with Crippen LogP contribution in [0, 0.1) is 0 Å². The van der Waals surface area contributed by atoms with Gasteiger partial charge in [0.25, 0.3) is 5.91 Å². The van der Waals surface area contributed by atoms with Gasteiger partial charge in [0, 0.05) is 25.2 Å². The highest BCUT2D eigenvalue weighted by Gasteiger charge is 2.26. The van der Waals surface area contributed by atoms with Crippen LogP contribution in [0.5, 0.6) is 0 Å². The van der Waals surface area contributed by atoms with E-state index in [1.165, 1.54) is 6.42 Å². The van der Waals surface area contributed by atoms with Gasteiger partial charge in [0.2, 0.25) is 0 Å². The lowest BCUT2D eigenvalue weighted by atomic mass is 10.0. The molecule has 5 heteroatoms. The lowest BCUT2D eigenvalue weighted by molar-refractivity contribution is 0.0623. The van der Waals surface area contributed by atoms with Crippen LogP contribution in [0.15, 0.2) is 6.07 Å². The maximum atomic E-state index is 12.4. The summed E-state index contributed by atoms with van der Waals surface area (Å²) in [5.41, 5.74) is 6.26. The molecule has 1 aliphatic rings. The molecule has 1 aliphatic heterocycles. The number of hydrogen-bond donors (Lipinski definition) is 1. The van der Waals surface area contributed by atoms with E-state index in [1.54, 1.807) is 10.7 Å². The van der Waals surface area contributed by atoms with E-state index < -0.39 is 0 Å². The molecule has 2 rings (SSSR count). The fraction of sp³-hybridized carbons (Fsp3) is 0.667. The smallest absolute Gasteiger partial charge is 0.272 e. The highest BCUT2D eigenvalue weighted by molar-refractivity contribution is 5.93. The van der Waals surface area contributed by atoms with Crippen molar-refractivity contribution in [2.45, 2.75) is 45.7 Å². The predicted octanol–water partition coefficient (Wildman–Crippen LogP) is 1.50. The van der Waals surface area contributed by atoms with Crippen LogP contribution in [0.4, 0.5) is 5.82 Å². The number of carbonyl (C=O) groups is 1. The molecular weight excluding hydrogens is 216 g/mol. The van der Waals surface area contributed by atoms with Gasteiger partial charge >= 0.3 is 0 Å². The van der Waals surface area contributed by atoms with Crippen molar-refractivity contribution in [2.75, 3.05) is 12.3 Å². The lowest BCUT2D eigenvalue weighted by Crippen LogP contribution is -2.42. The van der Waals surface area contributed by atoms with E-state index in [0.717, 1.165) is 19.4 Å². The first-order valence-corrected chi connectivity index (χ1v) is 6.27. The summed E-state index contributed by atoms with van der Waals surface area (Å²) in [5, 5.41) is 4.12. The molecule has 0 saturated carbocycles. The maximum Gasteiger partial charge on any atom is 0.272 e. The molecule has 0 radical (unpaired) electrons. The summed E-state index contributed by atoms with van der Waals surface area (Å²) >= 11 is 0. The van der Waals surface area contributed by atoms with Crippen LogP contribution in [0.25, 0.3) is 0 Å². The van der Waals surface area contributed by atoms with E-state index >= 15 is 0 Å². The van der Waals surface area contributed by atoms with Crippen LogP contribution in [0.3, 0.4) is 0 Å². The zero-order chi connectivity index (χ0) is 12.4. The minimum atomic E-state index is 0.0586. The van der Waals surface area contributed by atoms with Crippen LogP contribution >= 0.6 is 0 Å². The summed E-state index contributed by atoms with van der Waals surface area (Å²) in [6.45, 7) is 5.57. The van der Waals surface area contributed by atoms with Crippen molar-refractivity contribution in [2.24, 2.45) is 0 Å². The Bertz CT molecular complexity index is 413. The topological polar surface area (TPSA) is 64.2 Å². The number of nitrogens with two attached hydrogens (primary N) is 1. The van der Waals surface area contributed by atoms with Gasteiger partial charge in [0.1, 0.15) is 11.5 Å². The quantitative estimate of drug-likeness (QED) is 0.846. The number of likely N-dealkylation sites (tertiary alicyclic amines) is 1. The SMILES string of the molecule is CCn1nc(N)cc1C(=O)N1CCCC[C@H]1C. The second-order valence-electron chi connectivity index (χ2n) is 4.61. The van der Waals surface area contributed by atoms with Crippen LogP contribution in [0.1, 0.15) is 43.6 Å². The predicted molar refractivity (Wildman–Crippen MR) is 66.7 cm³/mol. The van der Waals surface area contributed by atoms with Gasteiger partial charge in [0.05, 0.1) is 0 Å². The third-order valence-electron chi connectivity index (χ3n) is 3.38. The van der Waals surface area contributed by atoms with Gasteiger partial charge in [-0.2, -0.15) is 5.10 Å². The second-order valence-corrected chi connectivity index (χ2v) is 4.61. The molecule has 1 aromatic rings. The summed E-state index contributed by atoms with van der Waals surface area (Å²) in [4.78, 5) is 14.3. The number of rotatable bonds is 2. The highest BCUT2D eigenvalue weighted by Crippen LogP contribution is 2.20. The van der Waals surface area contributed by atoms with E-state index in [0.29, 0.717) is 24.1 Å². The zero-order valence-electron chi connectivity index (χ0n) is 10.5. The Morgan fingerprint density at radius 3 is 3.00 bits per heavy atom. The number of piperidine rings is 1. The molecule has 94 valence electrons. The van der Waals surface area contributed by atoms with Gasteiger partial charge in [-0.05, 0) is 33.1 Å². The Labute approximate surface area is 102 Å². The Morgan fingerprint density at radius 2 is 2.35 bits per heavy atom. The van der Waals surface area contributed by atoms with Crippen LogP contribution < -0.4 is 5.73 Å². The van der Waals surface area contributed by atoms with E-state index in [9.17, 15) is 4.79 Å². The molecule has 1 atom stereocenters. The molecule has 0 aliphatic carbocycles. The molecule has 0 bridgehead atoms. The monoisotopic (exact) mass is 236 g/mol. The summed E-state index contributed by atoms with van der Waals surface area (Å²) in [6.07, 6.45) is 3.38. The minimum absolute atomic E-state index is 0.0586. The van der Waals surface area contributed by atoms with Gasteiger partial charge in [-0.3, -0.25) is 9.48 Å². The molecule has 1 saturated heterocycles. The molecule has 2 heterocycles. The molecule has 1 aromatic heterocycles. The number of nitrogen functional groups attached to an aromatic ring is 1. The Balaban J connectivity index is 2.23. The van der Waals surface area contributed by atoms with Crippen molar-refractivity contribution < 1.29 is 4.79 Å². The van der Waals surface area contributed by atoms with Crippen LogP contribution in [0.2, 0.25) is 0 Å².